The van der Waals surface area contributed by atoms with Crippen molar-refractivity contribution in [3.8, 4) is 0 Å². The second-order valence-corrected chi connectivity index (χ2v) is 4.41. The van der Waals surface area contributed by atoms with Gasteiger partial charge in [0.1, 0.15) is 5.66 Å². The second kappa shape index (κ2) is 4.25. The lowest BCUT2D eigenvalue weighted by atomic mass is 10.1. The van der Waals surface area contributed by atoms with Crippen molar-refractivity contribution in [2.75, 3.05) is 0 Å². The Morgan fingerprint density at radius 2 is 2.13 bits per heavy atom. The molecular formula is C7H14N6S2. The molecule has 1 atom stereocenters. The van der Waals surface area contributed by atoms with E-state index in [2.05, 4.69) is 16.0 Å². The monoisotopic (exact) mass is 246 g/mol. The minimum absolute atomic E-state index is 0.156. The summed E-state index contributed by atoms with van der Waals surface area (Å²) in [6.45, 7) is 3.80. The summed E-state index contributed by atoms with van der Waals surface area (Å²) in [6.07, 6.45) is 0.681. The van der Waals surface area contributed by atoms with Crippen molar-refractivity contribution in [1.82, 2.24) is 15.9 Å². The second-order valence-electron chi connectivity index (χ2n) is 3.55. The molecule has 1 heterocycles. The number of hydrogen-bond acceptors (Lipinski definition) is 4. The molecule has 1 rings (SSSR count). The number of nitrogens with one attached hydrogen (secondary N) is 2. The van der Waals surface area contributed by atoms with Crippen LogP contribution >= 0.6 is 24.4 Å². The third-order valence-corrected chi connectivity index (χ3v) is 2.28. The van der Waals surface area contributed by atoms with E-state index >= 15 is 0 Å². The fraction of sp³-hybridized carbons (Fsp3) is 0.571. The summed E-state index contributed by atoms with van der Waals surface area (Å²) in [5.41, 5.74) is 16.9. The Bertz CT molecular complexity index is 327. The maximum absolute atomic E-state index is 5.56. The Morgan fingerprint density at radius 1 is 1.53 bits per heavy atom. The average molecular weight is 246 g/mol. The zero-order valence-electron chi connectivity index (χ0n) is 8.57. The van der Waals surface area contributed by atoms with E-state index in [0.717, 1.165) is 5.71 Å². The van der Waals surface area contributed by atoms with Gasteiger partial charge in [0.15, 0.2) is 10.2 Å². The van der Waals surface area contributed by atoms with Gasteiger partial charge >= 0.3 is 0 Å². The van der Waals surface area contributed by atoms with Gasteiger partial charge in [-0.25, -0.2) is 10.4 Å². The first-order valence-electron chi connectivity index (χ1n) is 4.31. The maximum Gasteiger partial charge on any atom is 0.188 e. The molecule has 0 aromatic carbocycles. The molecule has 0 bridgehead atoms. The van der Waals surface area contributed by atoms with E-state index in [9.17, 15) is 0 Å². The predicted molar refractivity (Wildman–Crippen MR) is 67.8 cm³/mol. The molecule has 0 saturated heterocycles. The van der Waals surface area contributed by atoms with E-state index in [-0.39, 0.29) is 10.2 Å². The topological polar surface area (TPSA) is 91.7 Å². The molecule has 1 aliphatic rings. The molecule has 15 heavy (non-hydrogen) atoms. The van der Waals surface area contributed by atoms with Gasteiger partial charge in [0.25, 0.3) is 0 Å². The lowest BCUT2D eigenvalue weighted by Gasteiger charge is -2.33. The van der Waals surface area contributed by atoms with Crippen LogP contribution in [0.1, 0.15) is 20.3 Å². The van der Waals surface area contributed by atoms with Crippen molar-refractivity contribution >= 4 is 40.4 Å². The molecule has 0 fully saturated rings. The van der Waals surface area contributed by atoms with Crippen LogP contribution in [0.2, 0.25) is 0 Å². The summed E-state index contributed by atoms with van der Waals surface area (Å²) < 4.78 is 0. The van der Waals surface area contributed by atoms with Gasteiger partial charge in [-0.3, -0.25) is 5.43 Å². The van der Waals surface area contributed by atoms with Crippen molar-refractivity contribution in [1.29, 1.82) is 0 Å². The van der Waals surface area contributed by atoms with Crippen molar-refractivity contribution in [3.05, 3.63) is 0 Å². The molecule has 8 heteroatoms. The summed E-state index contributed by atoms with van der Waals surface area (Å²) in [5.74, 6) is 0. The van der Waals surface area contributed by atoms with Crippen LogP contribution in [0.15, 0.2) is 5.10 Å². The van der Waals surface area contributed by atoms with Crippen molar-refractivity contribution in [2.24, 2.45) is 16.6 Å². The number of nitrogens with zero attached hydrogens (tertiary/aromatic N) is 2. The molecule has 0 radical (unpaired) electrons. The Hall–Kier alpha value is -0.990. The molecule has 1 aliphatic heterocycles. The molecule has 84 valence electrons. The fourth-order valence-corrected chi connectivity index (χ4v) is 1.77. The quantitative estimate of drug-likeness (QED) is 0.381. The van der Waals surface area contributed by atoms with Gasteiger partial charge in [-0.05, 0) is 38.3 Å². The Balaban J connectivity index is 2.75. The molecule has 0 unspecified atom stereocenters. The van der Waals surface area contributed by atoms with Gasteiger partial charge in [-0.2, -0.15) is 5.10 Å². The molecular weight excluding hydrogens is 232 g/mol. The molecule has 6 nitrogen and oxygen atoms in total. The summed E-state index contributed by atoms with van der Waals surface area (Å²) in [7, 11) is 0. The van der Waals surface area contributed by atoms with Crippen LogP contribution in [0.25, 0.3) is 0 Å². The first-order valence-corrected chi connectivity index (χ1v) is 5.13. The normalized spacial score (nSPS) is 24.9. The standard InChI is InChI=1S/C7H14N6S2/c1-4-3-7(2,12-10-5(8)14)13(11-4)6(9)15/h12H,3H2,1-2H3,(H2,9,15)(H3,8,10,14)/t7-/m1/s1. The SMILES string of the molecule is CC1=NN(C(N)=S)[C@@](C)(NNC(N)=S)C1. The number of hydrogen-bond donors (Lipinski definition) is 4. The average Bonchev–Trinajstić information content (AvgIpc) is 2.39. The highest BCUT2D eigenvalue weighted by molar-refractivity contribution is 7.80. The van der Waals surface area contributed by atoms with E-state index in [1.54, 1.807) is 0 Å². The largest absolute Gasteiger partial charge is 0.375 e. The molecule has 0 amide bonds. The minimum atomic E-state index is -0.528. The van der Waals surface area contributed by atoms with Crippen LogP contribution in [0.3, 0.4) is 0 Å². The van der Waals surface area contributed by atoms with Gasteiger partial charge in [-0.15, -0.1) is 0 Å². The van der Waals surface area contributed by atoms with E-state index < -0.39 is 5.66 Å². The summed E-state index contributed by atoms with van der Waals surface area (Å²) >= 11 is 9.60. The number of hydrazone groups is 1. The highest BCUT2D eigenvalue weighted by Gasteiger charge is 2.38. The van der Waals surface area contributed by atoms with Crippen LogP contribution in [0, 0.1) is 0 Å². The van der Waals surface area contributed by atoms with Gasteiger partial charge in [0.2, 0.25) is 0 Å². The zero-order valence-corrected chi connectivity index (χ0v) is 10.2. The van der Waals surface area contributed by atoms with Crippen LogP contribution in [0.5, 0.6) is 0 Å². The van der Waals surface area contributed by atoms with Crippen molar-refractivity contribution in [3.63, 3.8) is 0 Å². The van der Waals surface area contributed by atoms with Gasteiger partial charge in [-0.1, -0.05) is 0 Å². The van der Waals surface area contributed by atoms with Crippen LogP contribution < -0.4 is 22.3 Å². The van der Waals surface area contributed by atoms with E-state index in [0.29, 0.717) is 6.42 Å². The van der Waals surface area contributed by atoms with Crippen LogP contribution in [0.4, 0.5) is 0 Å². The lowest BCUT2D eigenvalue weighted by molar-refractivity contribution is 0.171. The molecule has 6 N–H and O–H groups in total. The summed E-state index contributed by atoms with van der Waals surface area (Å²) in [4.78, 5) is 0. The number of rotatable bonds is 2. The minimum Gasteiger partial charge on any atom is -0.375 e. The molecule has 0 aromatic heterocycles. The zero-order chi connectivity index (χ0) is 11.6. The predicted octanol–water partition coefficient (Wildman–Crippen LogP) is -0.634. The Kier molecular flexibility index (Phi) is 3.42. The third-order valence-electron chi connectivity index (χ3n) is 2.00. The first kappa shape index (κ1) is 12.1. The van der Waals surface area contributed by atoms with Gasteiger partial charge in [0.05, 0.1) is 0 Å². The highest BCUT2D eigenvalue weighted by Crippen LogP contribution is 2.23. The lowest BCUT2D eigenvalue weighted by Crippen LogP contribution is -2.61. The van der Waals surface area contributed by atoms with Crippen molar-refractivity contribution < 1.29 is 0 Å². The Morgan fingerprint density at radius 3 is 2.60 bits per heavy atom. The van der Waals surface area contributed by atoms with Crippen LogP contribution in [-0.4, -0.2) is 26.6 Å². The first-order chi connectivity index (χ1) is 6.85. The number of nitrogens with two attached hydrogens (primary N) is 2. The molecule has 0 spiro atoms. The fourth-order valence-electron chi connectivity index (χ4n) is 1.48. The molecule has 0 aromatic rings. The smallest absolute Gasteiger partial charge is 0.188 e. The highest BCUT2D eigenvalue weighted by atomic mass is 32.1. The van der Waals surface area contributed by atoms with Crippen molar-refractivity contribution in [2.45, 2.75) is 25.9 Å². The summed E-state index contributed by atoms with van der Waals surface area (Å²) in [6, 6.07) is 0. The molecule has 0 aliphatic carbocycles. The van der Waals surface area contributed by atoms with Gasteiger partial charge < -0.3 is 11.5 Å². The Labute approximate surface area is 99.0 Å². The summed E-state index contributed by atoms with van der Waals surface area (Å²) in [5, 5.41) is 6.10. The van der Waals surface area contributed by atoms with E-state index in [4.69, 9.17) is 35.9 Å². The number of thiocarbonyl (C=S) groups is 2. The maximum atomic E-state index is 5.56. The molecule has 0 saturated carbocycles. The van der Waals surface area contributed by atoms with E-state index in [1.807, 2.05) is 13.8 Å². The van der Waals surface area contributed by atoms with E-state index in [1.165, 1.54) is 5.01 Å². The third kappa shape index (κ3) is 2.74. The number of hydrazine groups is 1. The van der Waals surface area contributed by atoms with Crippen LogP contribution in [-0.2, 0) is 0 Å². The van der Waals surface area contributed by atoms with Gasteiger partial charge in [0, 0.05) is 12.1 Å².